The van der Waals surface area contributed by atoms with Crippen molar-refractivity contribution in [2.45, 2.75) is 6.42 Å². The van der Waals surface area contributed by atoms with Gasteiger partial charge in [-0.2, -0.15) is 0 Å². The average Bonchev–Trinajstić information content (AvgIpc) is 2.52. The highest BCUT2D eigenvalue weighted by Crippen LogP contribution is 2.21. The van der Waals surface area contributed by atoms with E-state index in [1.54, 1.807) is 18.2 Å². The van der Waals surface area contributed by atoms with Crippen molar-refractivity contribution >= 4 is 11.6 Å². The maximum absolute atomic E-state index is 13.7. The molecule has 0 radical (unpaired) electrons. The Morgan fingerprint density at radius 2 is 1.73 bits per heavy atom. The van der Waals surface area contributed by atoms with Crippen molar-refractivity contribution in [1.29, 1.82) is 0 Å². The highest BCUT2D eigenvalue weighted by molar-refractivity contribution is 6.30. The number of benzene rings is 1. The molecule has 3 aromatic rings. The Kier molecular flexibility index (Phi) is 4.06. The van der Waals surface area contributed by atoms with Crippen molar-refractivity contribution in [3.05, 3.63) is 76.7 Å². The zero-order valence-electron chi connectivity index (χ0n) is 11.3. The van der Waals surface area contributed by atoms with Gasteiger partial charge in [0.25, 0.3) is 0 Å². The number of hydrogen-bond donors (Lipinski definition) is 0. The summed E-state index contributed by atoms with van der Waals surface area (Å²) in [6, 6.07) is 9.19. The molecule has 6 heteroatoms. The van der Waals surface area contributed by atoms with E-state index in [4.69, 9.17) is 11.6 Å². The molecule has 0 spiro atoms. The van der Waals surface area contributed by atoms with Gasteiger partial charge in [0.05, 0.1) is 6.20 Å². The molecule has 1 aromatic carbocycles. The fourth-order valence-electron chi connectivity index (χ4n) is 1.98. The van der Waals surface area contributed by atoms with Gasteiger partial charge in [0.2, 0.25) is 0 Å². The van der Waals surface area contributed by atoms with E-state index in [2.05, 4.69) is 15.0 Å². The van der Waals surface area contributed by atoms with Gasteiger partial charge < -0.3 is 0 Å². The van der Waals surface area contributed by atoms with Crippen LogP contribution in [0, 0.1) is 11.6 Å². The lowest BCUT2D eigenvalue weighted by atomic mass is 10.1. The van der Waals surface area contributed by atoms with Gasteiger partial charge in [0, 0.05) is 18.2 Å². The Morgan fingerprint density at radius 3 is 2.41 bits per heavy atom. The number of nitrogens with zero attached hydrogens (tertiary/aromatic N) is 3. The Balaban J connectivity index is 1.89. The normalized spacial score (nSPS) is 10.7. The number of aromatic nitrogens is 3. The van der Waals surface area contributed by atoms with Crippen LogP contribution in [0.4, 0.5) is 8.78 Å². The van der Waals surface area contributed by atoms with E-state index in [0.29, 0.717) is 29.1 Å². The summed E-state index contributed by atoms with van der Waals surface area (Å²) in [5, 5.41) is 0.222. The van der Waals surface area contributed by atoms with Gasteiger partial charge >= 0.3 is 0 Å². The lowest BCUT2D eigenvalue weighted by Gasteiger charge is -2.06. The van der Waals surface area contributed by atoms with Crippen LogP contribution in [0.15, 0.2) is 48.8 Å². The van der Waals surface area contributed by atoms with Crippen molar-refractivity contribution in [3.63, 3.8) is 0 Å². The number of hydrogen-bond acceptors (Lipinski definition) is 3. The molecule has 3 nitrogen and oxygen atoms in total. The first-order valence-corrected chi connectivity index (χ1v) is 6.88. The predicted molar refractivity (Wildman–Crippen MR) is 79.4 cm³/mol. The lowest BCUT2D eigenvalue weighted by Crippen LogP contribution is -1.99. The molecule has 0 aliphatic heterocycles. The summed E-state index contributed by atoms with van der Waals surface area (Å²) in [7, 11) is 0. The highest BCUT2D eigenvalue weighted by atomic mass is 35.5. The Labute approximate surface area is 130 Å². The van der Waals surface area contributed by atoms with Crippen molar-refractivity contribution < 1.29 is 8.78 Å². The van der Waals surface area contributed by atoms with Crippen LogP contribution < -0.4 is 0 Å². The van der Waals surface area contributed by atoms with E-state index in [0.717, 1.165) is 6.20 Å². The van der Waals surface area contributed by atoms with E-state index < -0.39 is 5.82 Å². The lowest BCUT2D eigenvalue weighted by molar-refractivity contribution is 0.614. The van der Waals surface area contributed by atoms with Crippen LogP contribution in [-0.2, 0) is 6.42 Å². The van der Waals surface area contributed by atoms with E-state index in [-0.39, 0.29) is 11.0 Å². The van der Waals surface area contributed by atoms with E-state index in [1.165, 1.54) is 24.4 Å². The molecule has 0 atom stereocenters. The standard InChI is InChI=1S/C16H10ClF2N3/c17-15-11(7-10-3-1-2-4-13(10)19)8-21-16(22-15)14-6-5-12(18)9-20-14/h1-6,8-9H,7H2. The van der Waals surface area contributed by atoms with Crippen molar-refractivity contribution in [2.75, 3.05) is 0 Å². The van der Waals surface area contributed by atoms with Gasteiger partial charge in [-0.15, -0.1) is 0 Å². The van der Waals surface area contributed by atoms with Crippen LogP contribution in [0.1, 0.15) is 11.1 Å². The summed E-state index contributed by atoms with van der Waals surface area (Å²) in [6.07, 6.45) is 2.91. The Morgan fingerprint density at radius 1 is 0.909 bits per heavy atom. The predicted octanol–water partition coefficient (Wildman–Crippen LogP) is 4.06. The molecule has 0 amide bonds. The van der Waals surface area contributed by atoms with E-state index >= 15 is 0 Å². The molecule has 0 N–H and O–H groups in total. The minimum atomic E-state index is -0.439. The smallest absolute Gasteiger partial charge is 0.179 e. The molecule has 3 rings (SSSR count). The van der Waals surface area contributed by atoms with E-state index in [9.17, 15) is 8.78 Å². The SMILES string of the molecule is Fc1ccc(-c2ncc(Cc3ccccc3F)c(Cl)n2)nc1. The monoisotopic (exact) mass is 317 g/mol. The molecule has 110 valence electrons. The average molecular weight is 318 g/mol. The van der Waals surface area contributed by atoms with Crippen molar-refractivity contribution in [2.24, 2.45) is 0 Å². The number of halogens is 3. The molecule has 0 saturated carbocycles. The maximum atomic E-state index is 13.7. The summed E-state index contributed by atoms with van der Waals surface area (Å²) in [4.78, 5) is 12.2. The fourth-order valence-corrected chi connectivity index (χ4v) is 2.18. The molecule has 22 heavy (non-hydrogen) atoms. The number of pyridine rings is 1. The molecular weight excluding hydrogens is 308 g/mol. The van der Waals surface area contributed by atoms with Crippen LogP contribution in [0.25, 0.3) is 11.5 Å². The molecule has 0 bridgehead atoms. The van der Waals surface area contributed by atoms with Crippen LogP contribution in [0.3, 0.4) is 0 Å². The summed E-state index contributed by atoms with van der Waals surface area (Å²) < 4.78 is 26.5. The first-order chi connectivity index (χ1) is 10.6. The van der Waals surface area contributed by atoms with Gasteiger partial charge in [0.15, 0.2) is 5.82 Å². The Bertz CT molecular complexity index is 807. The highest BCUT2D eigenvalue weighted by Gasteiger charge is 2.10. The van der Waals surface area contributed by atoms with Gasteiger partial charge in [-0.25, -0.2) is 23.7 Å². The molecular formula is C16H10ClF2N3. The molecule has 0 unspecified atom stereocenters. The first-order valence-electron chi connectivity index (χ1n) is 6.50. The van der Waals surface area contributed by atoms with Gasteiger partial charge in [-0.1, -0.05) is 29.8 Å². The zero-order valence-corrected chi connectivity index (χ0v) is 12.1. The van der Waals surface area contributed by atoms with E-state index in [1.807, 2.05) is 0 Å². The van der Waals surface area contributed by atoms with Crippen LogP contribution in [0.2, 0.25) is 5.15 Å². The minimum Gasteiger partial charge on any atom is -0.250 e. The fraction of sp³-hybridized carbons (Fsp3) is 0.0625. The molecule has 0 saturated heterocycles. The molecule has 2 aromatic heterocycles. The summed E-state index contributed by atoms with van der Waals surface area (Å²) in [6.45, 7) is 0. The summed E-state index contributed by atoms with van der Waals surface area (Å²) in [5.74, 6) is -0.448. The minimum absolute atomic E-state index is 0.222. The Hall–Kier alpha value is -2.40. The second kappa shape index (κ2) is 6.15. The second-order valence-corrected chi connectivity index (χ2v) is 5.00. The van der Waals surface area contributed by atoms with Crippen LogP contribution in [-0.4, -0.2) is 15.0 Å². The summed E-state index contributed by atoms with van der Waals surface area (Å²) >= 11 is 6.14. The quantitative estimate of drug-likeness (QED) is 0.684. The van der Waals surface area contributed by atoms with Crippen LogP contribution >= 0.6 is 11.6 Å². The second-order valence-electron chi connectivity index (χ2n) is 4.64. The first kappa shape index (κ1) is 14.5. The topological polar surface area (TPSA) is 38.7 Å². The number of rotatable bonds is 3. The third kappa shape index (κ3) is 3.09. The van der Waals surface area contributed by atoms with Crippen molar-refractivity contribution in [1.82, 2.24) is 15.0 Å². The van der Waals surface area contributed by atoms with Gasteiger partial charge in [0.1, 0.15) is 22.5 Å². The molecule has 2 heterocycles. The third-order valence-electron chi connectivity index (χ3n) is 3.11. The zero-order chi connectivity index (χ0) is 15.5. The molecule has 0 aliphatic rings. The van der Waals surface area contributed by atoms with Gasteiger partial charge in [-0.3, -0.25) is 0 Å². The largest absolute Gasteiger partial charge is 0.250 e. The molecule has 0 aliphatic carbocycles. The molecule has 0 fully saturated rings. The van der Waals surface area contributed by atoms with Gasteiger partial charge in [-0.05, 0) is 23.8 Å². The maximum Gasteiger partial charge on any atom is 0.179 e. The summed E-state index contributed by atoms with van der Waals surface area (Å²) in [5.41, 5.74) is 1.54. The van der Waals surface area contributed by atoms with Crippen molar-refractivity contribution in [3.8, 4) is 11.5 Å². The third-order valence-corrected chi connectivity index (χ3v) is 3.43. The van der Waals surface area contributed by atoms with Crippen LogP contribution in [0.5, 0.6) is 0 Å².